The molecule has 0 bridgehead atoms. The monoisotopic (exact) mass is 476 g/mol. The smallest absolute Gasteiger partial charge is 0.244 e. The van der Waals surface area contributed by atoms with Crippen molar-refractivity contribution in [3.05, 3.63) is 64.1 Å². The first-order valence-corrected chi connectivity index (χ1v) is 11.7. The minimum absolute atomic E-state index is 0.0687. The van der Waals surface area contributed by atoms with Gasteiger partial charge in [0.25, 0.3) is 0 Å². The minimum atomic E-state index is -3.47. The molecule has 0 spiro atoms. The second-order valence-corrected chi connectivity index (χ2v) is 9.81. The van der Waals surface area contributed by atoms with Crippen LogP contribution in [0.15, 0.2) is 57.9 Å². The first-order valence-electron chi connectivity index (χ1n) is 9.44. The molecule has 1 heterocycles. The van der Waals surface area contributed by atoms with Gasteiger partial charge in [0.15, 0.2) is 0 Å². The van der Waals surface area contributed by atoms with Crippen molar-refractivity contribution in [2.75, 3.05) is 6.61 Å². The highest BCUT2D eigenvalue weighted by Crippen LogP contribution is 2.34. The number of carbonyl (C=O) groups excluding carboxylic acids is 1. The molecule has 2 aromatic rings. The quantitative estimate of drug-likeness (QED) is 0.624. The van der Waals surface area contributed by atoms with E-state index in [9.17, 15) is 13.2 Å². The summed E-state index contributed by atoms with van der Waals surface area (Å²) in [6.07, 6.45) is 5.61. The zero-order valence-electron chi connectivity index (χ0n) is 15.6. The van der Waals surface area contributed by atoms with E-state index in [0.717, 1.165) is 34.2 Å². The van der Waals surface area contributed by atoms with Crippen molar-refractivity contribution in [2.24, 2.45) is 0 Å². The zero-order chi connectivity index (χ0) is 20.4. The first kappa shape index (κ1) is 20.1. The van der Waals surface area contributed by atoms with Gasteiger partial charge in [0.1, 0.15) is 5.75 Å². The molecule has 152 valence electrons. The number of fused-ring (bicyclic) bond motifs is 1. The number of rotatable bonds is 6. The Kier molecular flexibility index (Phi) is 5.76. The summed E-state index contributed by atoms with van der Waals surface area (Å²) in [6, 6.07) is 12.2. The second kappa shape index (κ2) is 8.30. The van der Waals surface area contributed by atoms with E-state index in [-0.39, 0.29) is 22.9 Å². The molecule has 1 saturated carbocycles. The molecule has 4 rings (SSSR count). The molecule has 1 unspecified atom stereocenters. The lowest BCUT2D eigenvalue weighted by Gasteiger charge is -2.26. The van der Waals surface area contributed by atoms with Gasteiger partial charge in [0.05, 0.1) is 17.5 Å². The number of nitrogens with one attached hydrogen (secondary N) is 2. The van der Waals surface area contributed by atoms with Crippen LogP contribution in [0.4, 0.5) is 0 Å². The summed E-state index contributed by atoms with van der Waals surface area (Å²) in [7, 11) is -3.47. The van der Waals surface area contributed by atoms with E-state index in [4.69, 9.17) is 4.74 Å². The highest BCUT2D eigenvalue weighted by Gasteiger charge is 2.27. The van der Waals surface area contributed by atoms with Gasteiger partial charge in [-0.25, -0.2) is 13.1 Å². The Bertz CT molecular complexity index is 1050. The lowest BCUT2D eigenvalue weighted by molar-refractivity contribution is -0.117. The van der Waals surface area contributed by atoms with Crippen LogP contribution in [0.1, 0.15) is 36.4 Å². The van der Waals surface area contributed by atoms with Crippen LogP contribution in [-0.4, -0.2) is 27.0 Å². The van der Waals surface area contributed by atoms with E-state index in [0.29, 0.717) is 13.0 Å². The Morgan fingerprint density at radius 1 is 1.10 bits per heavy atom. The van der Waals surface area contributed by atoms with E-state index >= 15 is 0 Å². The highest BCUT2D eigenvalue weighted by molar-refractivity contribution is 9.10. The largest absolute Gasteiger partial charge is 0.493 e. The number of amides is 1. The average molecular weight is 477 g/mol. The molecule has 1 fully saturated rings. The normalized spacial score (nSPS) is 18.9. The van der Waals surface area contributed by atoms with Crippen molar-refractivity contribution in [2.45, 2.75) is 36.2 Å². The molecule has 6 nitrogen and oxygen atoms in total. The molecule has 2 N–H and O–H groups in total. The third-order valence-electron chi connectivity index (χ3n) is 4.84. The molecule has 2 aromatic carbocycles. The van der Waals surface area contributed by atoms with Gasteiger partial charge in [-0.05, 0) is 54.8 Å². The number of benzene rings is 2. The molecule has 1 aliphatic carbocycles. The molecule has 2 aliphatic rings. The maximum absolute atomic E-state index is 12.4. The maximum atomic E-state index is 12.4. The van der Waals surface area contributed by atoms with Crippen LogP contribution >= 0.6 is 15.9 Å². The summed E-state index contributed by atoms with van der Waals surface area (Å²) in [4.78, 5) is 12.6. The van der Waals surface area contributed by atoms with Gasteiger partial charge >= 0.3 is 0 Å². The molecule has 0 saturated heterocycles. The zero-order valence-corrected chi connectivity index (χ0v) is 18.0. The Balaban J connectivity index is 1.39. The second-order valence-electron chi connectivity index (χ2n) is 7.18. The van der Waals surface area contributed by atoms with Gasteiger partial charge in [0, 0.05) is 28.6 Å². The molecule has 1 aliphatic heterocycles. The first-order chi connectivity index (χ1) is 13.9. The van der Waals surface area contributed by atoms with Gasteiger partial charge in [-0.1, -0.05) is 28.1 Å². The molecule has 0 aromatic heterocycles. The molecule has 0 radical (unpaired) electrons. The van der Waals surface area contributed by atoms with Crippen molar-refractivity contribution in [1.29, 1.82) is 0 Å². The molecule has 29 heavy (non-hydrogen) atoms. The van der Waals surface area contributed by atoms with Gasteiger partial charge in [-0.2, -0.15) is 0 Å². The maximum Gasteiger partial charge on any atom is 0.244 e. The van der Waals surface area contributed by atoms with Crippen LogP contribution in [0.5, 0.6) is 5.75 Å². The van der Waals surface area contributed by atoms with Crippen LogP contribution in [0.25, 0.3) is 6.08 Å². The predicted octanol–water partition coefficient (Wildman–Crippen LogP) is 3.54. The van der Waals surface area contributed by atoms with E-state index in [1.807, 2.05) is 18.2 Å². The van der Waals surface area contributed by atoms with Crippen LogP contribution in [0.3, 0.4) is 0 Å². The number of halogens is 1. The molecule has 8 heteroatoms. The number of hydrogen-bond acceptors (Lipinski definition) is 4. The minimum Gasteiger partial charge on any atom is -0.493 e. The highest BCUT2D eigenvalue weighted by atomic mass is 79.9. The number of hydrogen-bond donors (Lipinski definition) is 2. The average Bonchev–Trinajstić information content (AvgIpc) is 3.50. The Hall–Kier alpha value is -2.16. The van der Waals surface area contributed by atoms with Crippen molar-refractivity contribution in [3.8, 4) is 5.75 Å². The third-order valence-corrected chi connectivity index (χ3v) is 6.87. The van der Waals surface area contributed by atoms with Crippen LogP contribution in [0.2, 0.25) is 0 Å². The Morgan fingerprint density at radius 2 is 1.86 bits per heavy atom. The SMILES string of the molecule is O=C(/C=C/c1ccc(S(=O)(=O)NC2CC2)cc1)NC1CCOc2ccc(Br)cc21. The number of sulfonamides is 1. The van der Waals surface area contributed by atoms with Crippen molar-refractivity contribution in [1.82, 2.24) is 10.0 Å². The summed E-state index contributed by atoms with van der Waals surface area (Å²) in [5.74, 6) is 0.570. The molecule has 1 atom stereocenters. The Morgan fingerprint density at radius 3 is 2.59 bits per heavy atom. The molecular formula is C21H21BrN2O4S. The molecular weight excluding hydrogens is 456 g/mol. The van der Waals surface area contributed by atoms with E-state index in [1.54, 1.807) is 30.3 Å². The van der Waals surface area contributed by atoms with Gasteiger partial charge in [-0.3, -0.25) is 4.79 Å². The van der Waals surface area contributed by atoms with E-state index in [1.165, 1.54) is 6.08 Å². The molecule has 1 amide bonds. The fourth-order valence-corrected chi connectivity index (χ4v) is 4.84. The van der Waals surface area contributed by atoms with E-state index in [2.05, 4.69) is 26.0 Å². The summed E-state index contributed by atoms with van der Waals surface area (Å²) >= 11 is 3.45. The number of carbonyl (C=O) groups is 1. The van der Waals surface area contributed by atoms with Crippen molar-refractivity contribution >= 4 is 37.9 Å². The summed E-state index contributed by atoms with van der Waals surface area (Å²) in [6.45, 7) is 0.550. The fraction of sp³-hybridized carbons (Fsp3) is 0.286. The van der Waals surface area contributed by atoms with Crippen LogP contribution in [0, 0.1) is 0 Å². The standard InChI is InChI=1S/C21H21BrN2O4S/c22-15-4-9-20-18(13-15)19(11-12-28-20)23-21(25)10-3-14-1-7-17(8-2-14)29(26,27)24-16-5-6-16/h1-4,7-10,13,16,19,24H,5-6,11-12H2,(H,23,25)/b10-3+. The summed E-state index contributed by atoms with van der Waals surface area (Å²) in [5.41, 5.74) is 1.70. The van der Waals surface area contributed by atoms with Crippen molar-refractivity contribution in [3.63, 3.8) is 0 Å². The van der Waals surface area contributed by atoms with Gasteiger partial charge in [-0.15, -0.1) is 0 Å². The van der Waals surface area contributed by atoms with Crippen LogP contribution in [-0.2, 0) is 14.8 Å². The van der Waals surface area contributed by atoms with Gasteiger partial charge in [0.2, 0.25) is 15.9 Å². The number of ether oxygens (including phenoxy) is 1. The lowest BCUT2D eigenvalue weighted by Crippen LogP contribution is -2.31. The Labute approximate surface area is 178 Å². The summed E-state index contributed by atoms with van der Waals surface area (Å²) < 4.78 is 33.6. The van der Waals surface area contributed by atoms with E-state index < -0.39 is 10.0 Å². The van der Waals surface area contributed by atoms with Crippen molar-refractivity contribution < 1.29 is 17.9 Å². The predicted molar refractivity (Wildman–Crippen MR) is 114 cm³/mol. The topological polar surface area (TPSA) is 84.5 Å². The fourth-order valence-electron chi connectivity index (χ4n) is 3.15. The van der Waals surface area contributed by atoms with Gasteiger partial charge < -0.3 is 10.1 Å². The lowest BCUT2D eigenvalue weighted by atomic mass is 10.0. The van der Waals surface area contributed by atoms with Crippen LogP contribution < -0.4 is 14.8 Å². The summed E-state index contributed by atoms with van der Waals surface area (Å²) in [5, 5.41) is 3.00. The third kappa shape index (κ3) is 5.07.